The first-order chi connectivity index (χ1) is 51.7. The standard InChI is InChI=1S/C28H40N4O4S.C27H40N4O3S.C25H34N4O4S.C6H14/c1-16(18-9-11-19(12-10-18)22-17(2)29-15-37-22)30-24(34)21-13-20(33)14-32(21)25(35)23(27(3,4)5)31-26(36)28(6,7)8;1-16(18-9-11-19(12-10-18)22-17(2)28-15-35-22)29-24(33)21-13-20(32)14-31(21)25(34)23(26(3,4)5)30-27(6,7)8;1-14(17-7-9-18(10-8-17)21-15(2)26-13-34-21)27-23(32)20-11-19(31)12-29(20)24(33)22(25(4,5)6)28-16(3)30;1-5-6(2,3)4/h9-12,15-16,20-21,23,33H,13-14H2,1-8H3,(H,30,34)(H,31,36);9-12,15-16,20-21,23,30,32H,13-14H2,1-8H3,(H,29,33);7-10,13-14,19-20,22,31H,11-12H2,1-6H3,(H,27,32)(H,28,30);5H2,1-4H3/t2*16-,20+,21-,23+;14-,19+,20-,22+;/m000./s1. The molecule has 616 valence electrons. The Balaban J connectivity index is 0.000000252. The molecule has 6 heterocycles. The molecule has 9 rings (SSSR count). The fourth-order valence-corrected chi connectivity index (χ4v) is 15.5. The first-order valence-corrected chi connectivity index (χ1v) is 41.6. The molecular weight excluding hydrogens is 1470 g/mol. The molecule has 0 saturated carbocycles. The number of aliphatic hydroxyl groups is 3. The second-order valence-corrected chi connectivity index (χ2v) is 39.2. The van der Waals surface area contributed by atoms with E-state index in [-0.39, 0.29) is 115 Å². The zero-order valence-electron chi connectivity index (χ0n) is 71.1. The van der Waals surface area contributed by atoms with Crippen LogP contribution in [0.4, 0.5) is 0 Å². The number of benzene rings is 3. The van der Waals surface area contributed by atoms with E-state index >= 15 is 0 Å². The van der Waals surface area contributed by atoms with E-state index in [0.717, 1.165) is 65.1 Å². The first-order valence-electron chi connectivity index (χ1n) is 38.9. The van der Waals surface area contributed by atoms with Crippen LogP contribution < -0.4 is 31.9 Å². The fourth-order valence-electron chi connectivity index (χ4n) is 13.0. The van der Waals surface area contributed by atoms with Crippen LogP contribution in [0.2, 0.25) is 0 Å². The molecular formula is C86H128N12O11S3. The van der Waals surface area contributed by atoms with E-state index in [9.17, 15) is 53.7 Å². The smallest absolute Gasteiger partial charge is 0.246 e. The molecule has 3 aromatic carbocycles. The third-order valence-electron chi connectivity index (χ3n) is 20.2. The molecule has 23 nitrogen and oxygen atoms in total. The summed E-state index contributed by atoms with van der Waals surface area (Å²) in [5.74, 6) is -2.33. The van der Waals surface area contributed by atoms with Crippen LogP contribution in [0.15, 0.2) is 89.3 Å². The van der Waals surface area contributed by atoms with Crippen molar-refractivity contribution < 1.29 is 53.7 Å². The third-order valence-corrected chi connectivity index (χ3v) is 23.1. The number of aryl methyl sites for hydroxylation is 3. The second-order valence-electron chi connectivity index (χ2n) is 36.7. The molecule has 3 aliphatic heterocycles. The average Bonchev–Trinajstić information content (AvgIpc) is 1.24. The summed E-state index contributed by atoms with van der Waals surface area (Å²) < 4.78 is 0. The summed E-state index contributed by atoms with van der Waals surface area (Å²) in [5.41, 5.74) is 12.6. The molecule has 8 amide bonds. The summed E-state index contributed by atoms with van der Waals surface area (Å²) in [7, 11) is 0. The van der Waals surface area contributed by atoms with Gasteiger partial charge in [0.05, 0.1) is 90.7 Å². The molecule has 0 aliphatic carbocycles. The van der Waals surface area contributed by atoms with Crippen molar-refractivity contribution in [1.82, 2.24) is 61.6 Å². The van der Waals surface area contributed by atoms with Gasteiger partial charge >= 0.3 is 0 Å². The zero-order valence-corrected chi connectivity index (χ0v) is 73.5. The van der Waals surface area contributed by atoms with E-state index in [4.69, 9.17) is 0 Å². The van der Waals surface area contributed by atoms with E-state index in [1.807, 2.05) is 214 Å². The third kappa shape index (κ3) is 26.1. The van der Waals surface area contributed by atoms with Crippen LogP contribution in [0.25, 0.3) is 31.3 Å². The maximum Gasteiger partial charge on any atom is 0.246 e. The van der Waals surface area contributed by atoms with Crippen LogP contribution in [0.3, 0.4) is 0 Å². The van der Waals surface area contributed by atoms with Gasteiger partial charge in [0.25, 0.3) is 0 Å². The van der Waals surface area contributed by atoms with E-state index in [0.29, 0.717) is 5.41 Å². The molecule has 6 aromatic rings. The molecule has 0 bridgehead atoms. The highest BCUT2D eigenvalue weighted by atomic mass is 32.1. The van der Waals surface area contributed by atoms with Crippen molar-refractivity contribution in [3.63, 3.8) is 0 Å². The quantitative estimate of drug-likeness (QED) is 0.0386. The molecule has 0 spiro atoms. The Morgan fingerprint density at radius 3 is 0.902 bits per heavy atom. The van der Waals surface area contributed by atoms with Gasteiger partial charge < -0.3 is 61.9 Å². The van der Waals surface area contributed by atoms with E-state index in [2.05, 4.69) is 74.5 Å². The number of likely N-dealkylation sites (tertiary alicyclic amines) is 3. The number of hydrogen-bond donors (Lipinski definition) is 9. The van der Waals surface area contributed by atoms with Crippen LogP contribution in [0.5, 0.6) is 0 Å². The van der Waals surface area contributed by atoms with Gasteiger partial charge in [0, 0.05) is 56.8 Å². The van der Waals surface area contributed by atoms with Crippen LogP contribution in [-0.2, 0) is 38.4 Å². The number of amides is 8. The van der Waals surface area contributed by atoms with Gasteiger partial charge in [-0.2, -0.15) is 0 Å². The van der Waals surface area contributed by atoms with Crippen molar-refractivity contribution in [2.75, 3.05) is 19.6 Å². The lowest BCUT2D eigenvalue weighted by Gasteiger charge is -2.39. The number of nitrogens with zero attached hydrogens (tertiary/aromatic N) is 6. The minimum absolute atomic E-state index is 0.0478. The average molecular weight is 1600 g/mol. The minimum Gasteiger partial charge on any atom is -0.391 e. The van der Waals surface area contributed by atoms with Crippen LogP contribution in [0.1, 0.15) is 237 Å². The molecule has 0 unspecified atom stereocenters. The van der Waals surface area contributed by atoms with Crippen molar-refractivity contribution in [3.8, 4) is 31.3 Å². The van der Waals surface area contributed by atoms with Crippen molar-refractivity contribution in [2.24, 2.45) is 27.1 Å². The van der Waals surface area contributed by atoms with Crippen molar-refractivity contribution in [3.05, 3.63) is 123 Å². The Hall–Kier alpha value is -7.85. The first kappa shape index (κ1) is 93.0. The predicted molar refractivity (Wildman–Crippen MR) is 449 cm³/mol. The van der Waals surface area contributed by atoms with Gasteiger partial charge in [-0.3, -0.25) is 38.4 Å². The van der Waals surface area contributed by atoms with Crippen molar-refractivity contribution >= 4 is 81.3 Å². The molecule has 3 saturated heterocycles. The predicted octanol–water partition coefficient (Wildman–Crippen LogP) is 13.1. The number of β-amino-alcohol motifs (C(OH)–C–C–N with tert-alkyl or cyclic N) is 3. The molecule has 3 fully saturated rings. The highest BCUT2D eigenvalue weighted by molar-refractivity contribution is 7.14. The minimum atomic E-state index is -0.833. The Morgan fingerprint density at radius 1 is 0.429 bits per heavy atom. The van der Waals surface area contributed by atoms with Crippen LogP contribution in [-0.4, -0.2) is 172 Å². The number of carbonyl (C=O) groups excluding carboxylic acids is 8. The summed E-state index contributed by atoms with van der Waals surface area (Å²) in [6.45, 7) is 50.8. The zero-order chi connectivity index (χ0) is 84.2. The summed E-state index contributed by atoms with van der Waals surface area (Å²) in [6.07, 6.45) is -0.510. The lowest BCUT2D eigenvalue weighted by Crippen LogP contribution is -2.60. The molecule has 112 heavy (non-hydrogen) atoms. The highest BCUT2D eigenvalue weighted by Gasteiger charge is 2.49. The van der Waals surface area contributed by atoms with Gasteiger partial charge in [-0.15, -0.1) is 34.0 Å². The molecule has 3 aliphatic rings. The summed E-state index contributed by atoms with van der Waals surface area (Å²) in [5, 5.41) is 49.1. The maximum atomic E-state index is 13.7. The molecule has 26 heteroatoms. The van der Waals surface area contributed by atoms with Gasteiger partial charge in [-0.25, -0.2) is 15.0 Å². The Bertz CT molecular complexity index is 4150. The number of hydrogen-bond acceptors (Lipinski definition) is 18. The van der Waals surface area contributed by atoms with Crippen LogP contribution in [0, 0.1) is 47.8 Å². The SMILES string of the molecule is CC(=O)N[C@H](C(=O)N1C[C@H](O)C[C@H]1C(=O)N[C@@H](C)c1ccc(-c2scnc2C)cc1)C(C)(C)C.CCC(C)(C)C.Cc1ncsc1-c1ccc([C@H](C)NC(=O)[C@@H]2C[C@@H](O)CN2C(=O)[C@@H](NC(=O)C(C)(C)C)C(C)(C)C)cc1.Cc1ncsc1-c1ccc([C@H](C)NC(=O)[C@@H]2C[C@@H](O)CN2C(=O)[C@@H](NC(C)(C)C)C(C)(C)C)cc1. The second kappa shape index (κ2) is 38.5. The van der Waals surface area contributed by atoms with Gasteiger partial charge in [-0.05, 0) is 117 Å². The molecule has 3 aromatic heterocycles. The maximum absolute atomic E-state index is 13.7. The Labute approximate surface area is 677 Å². The lowest BCUT2D eigenvalue weighted by atomic mass is 9.84. The number of aliphatic hydroxyl groups excluding tert-OH is 3. The van der Waals surface area contributed by atoms with Crippen molar-refractivity contribution in [2.45, 2.75) is 284 Å². The highest BCUT2D eigenvalue weighted by Crippen LogP contribution is 2.36. The van der Waals surface area contributed by atoms with Gasteiger partial charge in [-0.1, -0.05) is 190 Å². The number of aromatic nitrogens is 3. The number of carbonyl (C=O) groups is 8. The molecule has 12 atom stereocenters. The fraction of sp³-hybridized carbons (Fsp3) is 0.593. The molecule has 9 N–H and O–H groups in total. The van der Waals surface area contributed by atoms with Gasteiger partial charge in [0.1, 0.15) is 30.2 Å². The Morgan fingerprint density at radius 2 is 0.688 bits per heavy atom. The van der Waals surface area contributed by atoms with E-state index in [1.165, 1.54) is 23.1 Å². The van der Waals surface area contributed by atoms with Gasteiger partial charge in [0.2, 0.25) is 47.3 Å². The van der Waals surface area contributed by atoms with E-state index < -0.39 is 70.8 Å². The van der Waals surface area contributed by atoms with Crippen molar-refractivity contribution in [1.29, 1.82) is 0 Å². The Kier molecular flexibility index (Phi) is 32.0. The molecule has 0 radical (unpaired) electrons. The number of rotatable bonds is 18. The van der Waals surface area contributed by atoms with Gasteiger partial charge in [0.15, 0.2) is 0 Å². The van der Waals surface area contributed by atoms with E-state index in [1.54, 1.807) is 59.7 Å². The lowest BCUT2D eigenvalue weighted by molar-refractivity contribution is -0.145. The monoisotopic (exact) mass is 1600 g/mol. The normalized spacial score (nSPS) is 19.7. The summed E-state index contributed by atoms with van der Waals surface area (Å²) in [4.78, 5) is 126. The topological polar surface area (TPSA) is 318 Å². The number of thiazole rings is 3. The number of nitrogens with one attached hydrogen (secondary N) is 6. The van der Waals surface area contributed by atoms with Crippen LogP contribution >= 0.6 is 34.0 Å². The largest absolute Gasteiger partial charge is 0.391 e. The summed E-state index contributed by atoms with van der Waals surface area (Å²) >= 11 is 4.78. The summed E-state index contributed by atoms with van der Waals surface area (Å²) in [6, 6.07) is 18.8.